The van der Waals surface area contributed by atoms with E-state index in [1.165, 1.54) is 12.1 Å². The van der Waals surface area contributed by atoms with Gasteiger partial charge in [0.05, 0.1) is 5.60 Å². The number of β-amino-alcohol motifs (C(OH)–C–C–N with tert-alkyl or cyclic N) is 1. The Hall–Kier alpha value is -1.04. The molecule has 1 saturated heterocycles. The molecule has 0 aliphatic carbocycles. The number of nitrogens with zero attached hydrogens (tertiary/aromatic N) is 1. The summed E-state index contributed by atoms with van der Waals surface area (Å²) in [6, 6.07) is 3.52. The average Bonchev–Trinajstić information content (AvgIpc) is 2.68. The molecule has 3 nitrogen and oxygen atoms in total. The highest BCUT2D eigenvalue weighted by Crippen LogP contribution is 2.23. The Labute approximate surface area is 118 Å². The van der Waals surface area contributed by atoms with Gasteiger partial charge in [0.1, 0.15) is 11.6 Å². The van der Waals surface area contributed by atoms with Crippen molar-refractivity contribution in [3.8, 4) is 0 Å². The van der Waals surface area contributed by atoms with Crippen LogP contribution in [0.4, 0.5) is 8.78 Å². The first-order chi connectivity index (χ1) is 9.39. The Morgan fingerprint density at radius 3 is 2.50 bits per heavy atom. The molecule has 2 rings (SSSR count). The lowest BCUT2D eigenvalue weighted by Crippen LogP contribution is -2.31. The molecule has 0 bridgehead atoms. The molecule has 0 saturated carbocycles. The zero-order valence-corrected chi connectivity index (χ0v) is 12.0. The molecule has 1 aliphatic heterocycles. The summed E-state index contributed by atoms with van der Waals surface area (Å²) in [6.07, 6.45) is 1.52. The third kappa shape index (κ3) is 3.98. The fraction of sp³-hybridized carbons (Fsp3) is 0.600. The summed E-state index contributed by atoms with van der Waals surface area (Å²) < 4.78 is 26.5. The number of halogens is 2. The maximum absolute atomic E-state index is 13.3. The van der Waals surface area contributed by atoms with Crippen molar-refractivity contribution in [3.05, 3.63) is 35.4 Å². The molecule has 2 N–H and O–H groups in total. The van der Waals surface area contributed by atoms with Crippen LogP contribution in [0.5, 0.6) is 0 Å². The number of hydrogen-bond donors (Lipinski definition) is 2. The second-order valence-electron chi connectivity index (χ2n) is 5.86. The molecule has 112 valence electrons. The summed E-state index contributed by atoms with van der Waals surface area (Å²) >= 11 is 0. The molecule has 0 amide bonds. The number of hydrogen-bond acceptors (Lipinski definition) is 3. The SMILES string of the molecule is CNC(CCN1CCC(C)(O)C1)c1cc(F)cc(F)c1. The van der Waals surface area contributed by atoms with Crippen LogP contribution < -0.4 is 5.32 Å². The van der Waals surface area contributed by atoms with Gasteiger partial charge in [-0.1, -0.05) is 0 Å². The van der Waals surface area contributed by atoms with Crippen molar-refractivity contribution in [1.82, 2.24) is 10.2 Å². The van der Waals surface area contributed by atoms with Gasteiger partial charge in [-0.25, -0.2) is 8.78 Å². The van der Waals surface area contributed by atoms with E-state index >= 15 is 0 Å². The Bertz CT molecular complexity index is 445. The van der Waals surface area contributed by atoms with Crippen molar-refractivity contribution in [2.45, 2.75) is 31.4 Å². The normalized spacial score (nSPS) is 25.1. The zero-order valence-electron chi connectivity index (χ0n) is 12.0. The molecule has 2 unspecified atom stereocenters. The van der Waals surface area contributed by atoms with Gasteiger partial charge >= 0.3 is 0 Å². The predicted octanol–water partition coefficient (Wildman–Crippen LogP) is 2.07. The van der Waals surface area contributed by atoms with E-state index in [1.54, 1.807) is 7.05 Å². The molecule has 2 atom stereocenters. The summed E-state index contributed by atoms with van der Waals surface area (Å²) in [6.45, 7) is 4.15. The fourth-order valence-corrected chi connectivity index (χ4v) is 2.80. The summed E-state index contributed by atoms with van der Waals surface area (Å²) in [5.41, 5.74) is 0.0102. The van der Waals surface area contributed by atoms with Crippen LogP contribution in [0.25, 0.3) is 0 Å². The van der Waals surface area contributed by atoms with Crippen molar-refractivity contribution < 1.29 is 13.9 Å². The van der Waals surface area contributed by atoms with Gasteiger partial charge in [0, 0.05) is 31.7 Å². The summed E-state index contributed by atoms with van der Waals surface area (Å²) in [4.78, 5) is 2.18. The minimum atomic E-state index is -0.611. The van der Waals surface area contributed by atoms with Gasteiger partial charge in [-0.2, -0.15) is 0 Å². The monoisotopic (exact) mass is 284 g/mol. The maximum atomic E-state index is 13.3. The van der Waals surface area contributed by atoms with Crippen LogP contribution in [0, 0.1) is 11.6 Å². The Kier molecular flexibility index (Phi) is 4.73. The first kappa shape index (κ1) is 15.4. The summed E-state index contributed by atoms with van der Waals surface area (Å²) in [5.74, 6) is -1.10. The second-order valence-corrected chi connectivity index (χ2v) is 5.86. The lowest BCUT2D eigenvalue weighted by Gasteiger charge is -2.22. The largest absolute Gasteiger partial charge is 0.389 e. The van der Waals surface area contributed by atoms with Gasteiger partial charge in [-0.05, 0) is 44.5 Å². The molecule has 20 heavy (non-hydrogen) atoms. The van der Waals surface area contributed by atoms with Gasteiger partial charge in [0.15, 0.2) is 0 Å². The fourth-order valence-electron chi connectivity index (χ4n) is 2.80. The number of benzene rings is 1. The molecule has 1 aromatic rings. The molecule has 1 aliphatic rings. The first-order valence-corrected chi connectivity index (χ1v) is 6.98. The third-order valence-corrected chi connectivity index (χ3v) is 3.90. The average molecular weight is 284 g/mol. The molecule has 1 fully saturated rings. The number of likely N-dealkylation sites (tertiary alicyclic amines) is 1. The van der Waals surface area contributed by atoms with E-state index in [-0.39, 0.29) is 6.04 Å². The van der Waals surface area contributed by atoms with Crippen LogP contribution >= 0.6 is 0 Å². The summed E-state index contributed by atoms with van der Waals surface area (Å²) in [7, 11) is 1.79. The standard InChI is InChI=1S/C15H22F2N2O/c1-15(20)4-6-19(10-15)5-3-14(18-2)11-7-12(16)9-13(17)8-11/h7-9,14,18,20H,3-6,10H2,1-2H3. The third-order valence-electron chi connectivity index (χ3n) is 3.90. The van der Waals surface area contributed by atoms with Gasteiger partial charge in [-0.15, -0.1) is 0 Å². The lowest BCUT2D eigenvalue weighted by atomic mass is 10.0. The van der Waals surface area contributed by atoms with Crippen molar-refractivity contribution >= 4 is 0 Å². The van der Waals surface area contributed by atoms with Gasteiger partial charge in [0.25, 0.3) is 0 Å². The Morgan fingerprint density at radius 1 is 1.35 bits per heavy atom. The second kappa shape index (κ2) is 6.16. The van der Waals surface area contributed by atoms with Crippen LogP contribution in [-0.4, -0.2) is 42.3 Å². The van der Waals surface area contributed by atoms with E-state index in [4.69, 9.17) is 0 Å². The molecule has 0 aromatic heterocycles. The van der Waals surface area contributed by atoms with Crippen molar-refractivity contribution in [1.29, 1.82) is 0 Å². The smallest absolute Gasteiger partial charge is 0.126 e. The quantitative estimate of drug-likeness (QED) is 0.869. The highest BCUT2D eigenvalue weighted by Gasteiger charge is 2.31. The number of aliphatic hydroxyl groups is 1. The molecule has 1 aromatic carbocycles. The van der Waals surface area contributed by atoms with Crippen LogP contribution in [0.2, 0.25) is 0 Å². The van der Waals surface area contributed by atoms with Crippen LogP contribution in [0.15, 0.2) is 18.2 Å². The number of nitrogens with one attached hydrogen (secondary N) is 1. The Balaban J connectivity index is 1.95. The van der Waals surface area contributed by atoms with Crippen molar-refractivity contribution in [2.24, 2.45) is 0 Å². The van der Waals surface area contributed by atoms with Crippen LogP contribution in [-0.2, 0) is 0 Å². The highest BCUT2D eigenvalue weighted by molar-refractivity contribution is 5.21. The minimum Gasteiger partial charge on any atom is -0.389 e. The first-order valence-electron chi connectivity index (χ1n) is 6.98. The highest BCUT2D eigenvalue weighted by atomic mass is 19.1. The molecular weight excluding hydrogens is 262 g/mol. The van der Waals surface area contributed by atoms with Gasteiger partial charge < -0.3 is 15.3 Å². The van der Waals surface area contributed by atoms with Crippen LogP contribution in [0.3, 0.4) is 0 Å². The van der Waals surface area contributed by atoms with Crippen LogP contribution in [0.1, 0.15) is 31.4 Å². The van der Waals surface area contributed by atoms with E-state index < -0.39 is 17.2 Å². The van der Waals surface area contributed by atoms with Gasteiger partial charge in [0.2, 0.25) is 0 Å². The zero-order chi connectivity index (χ0) is 14.8. The van der Waals surface area contributed by atoms with E-state index in [9.17, 15) is 13.9 Å². The molecule has 5 heteroatoms. The maximum Gasteiger partial charge on any atom is 0.126 e. The van der Waals surface area contributed by atoms with E-state index in [2.05, 4.69) is 10.2 Å². The molecule has 1 heterocycles. The van der Waals surface area contributed by atoms with Crippen molar-refractivity contribution in [3.63, 3.8) is 0 Å². The number of rotatable bonds is 5. The molecular formula is C15H22F2N2O. The predicted molar refractivity (Wildman–Crippen MR) is 74.5 cm³/mol. The van der Waals surface area contributed by atoms with Gasteiger partial charge in [-0.3, -0.25) is 0 Å². The Morgan fingerprint density at radius 2 is 2.00 bits per heavy atom. The van der Waals surface area contributed by atoms with E-state index in [0.29, 0.717) is 12.1 Å². The summed E-state index contributed by atoms with van der Waals surface area (Å²) in [5, 5.41) is 13.0. The lowest BCUT2D eigenvalue weighted by molar-refractivity contribution is 0.0683. The topological polar surface area (TPSA) is 35.5 Å². The van der Waals surface area contributed by atoms with Crippen molar-refractivity contribution in [2.75, 3.05) is 26.7 Å². The minimum absolute atomic E-state index is 0.0919. The van der Waals surface area contributed by atoms with E-state index in [0.717, 1.165) is 32.0 Å². The molecule has 0 spiro atoms. The molecule has 0 radical (unpaired) electrons. The van der Waals surface area contributed by atoms with E-state index in [1.807, 2.05) is 6.92 Å².